The Morgan fingerprint density at radius 3 is 2.55 bits per heavy atom. The summed E-state index contributed by atoms with van der Waals surface area (Å²) in [6, 6.07) is 20.2. The number of aromatic hydroxyl groups is 1. The summed E-state index contributed by atoms with van der Waals surface area (Å²) < 4.78 is 17.4. The highest BCUT2D eigenvalue weighted by atomic mass is 35.5. The van der Waals surface area contributed by atoms with Crippen LogP contribution in [0.1, 0.15) is 16.8 Å². The van der Waals surface area contributed by atoms with Crippen LogP contribution in [-0.4, -0.2) is 16.7 Å². The first kappa shape index (κ1) is 19.3. The zero-order chi connectivity index (χ0) is 21.2. The molecule has 2 heterocycles. The summed E-state index contributed by atoms with van der Waals surface area (Å²) in [5, 5.41) is 10.1. The highest BCUT2D eigenvalue weighted by Crippen LogP contribution is 2.34. The Morgan fingerprint density at radius 2 is 1.74 bits per heavy atom. The van der Waals surface area contributed by atoms with E-state index in [0.717, 1.165) is 28.0 Å². The van der Waals surface area contributed by atoms with Gasteiger partial charge < -0.3 is 19.0 Å². The molecule has 1 aliphatic rings. The molecule has 4 aromatic rings. The Bertz CT molecular complexity index is 1240. The van der Waals surface area contributed by atoms with E-state index in [1.54, 1.807) is 30.5 Å². The maximum absolute atomic E-state index is 9.47. The smallest absolute Gasteiger partial charge is 0.226 e. The normalized spacial score (nSPS) is 12.6. The van der Waals surface area contributed by atoms with Gasteiger partial charge in [0.15, 0.2) is 0 Å². The third-order valence-corrected chi connectivity index (χ3v) is 5.22. The van der Waals surface area contributed by atoms with Crippen molar-refractivity contribution in [2.24, 2.45) is 0 Å². The second kappa shape index (κ2) is 8.20. The summed E-state index contributed by atoms with van der Waals surface area (Å²) in [5.74, 6) is 2.23. The maximum atomic E-state index is 9.47. The molecule has 3 aromatic carbocycles. The lowest BCUT2D eigenvalue weighted by Crippen LogP contribution is -2.07. The summed E-state index contributed by atoms with van der Waals surface area (Å²) in [7, 11) is 0. The van der Waals surface area contributed by atoms with Crippen LogP contribution >= 0.6 is 11.6 Å². The molecule has 154 valence electrons. The fraction of sp³-hybridized carbons (Fsp3) is 0.0800. The SMILES string of the molecule is Oc1ccc(C2=Cc3ccc(OCc4coc(-c5ccc(Cl)cc5)n4)cc3OC2)cc1. The Kier molecular flexibility index (Phi) is 5.10. The summed E-state index contributed by atoms with van der Waals surface area (Å²) in [4.78, 5) is 4.47. The molecular weight excluding hydrogens is 414 g/mol. The van der Waals surface area contributed by atoms with Crippen molar-refractivity contribution in [2.75, 3.05) is 6.61 Å². The standard InChI is InChI=1S/C25H18ClNO4/c26-20-6-1-17(2-7-20)25-27-21(15-31-25)14-29-23-10-5-18-11-19(13-30-24(18)12-23)16-3-8-22(28)9-4-16/h1-12,15,28H,13-14H2. The average Bonchev–Trinajstić information content (AvgIpc) is 3.27. The van der Waals surface area contributed by atoms with Gasteiger partial charge in [-0.2, -0.15) is 0 Å². The molecule has 0 spiro atoms. The molecule has 5 nitrogen and oxygen atoms in total. The van der Waals surface area contributed by atoms with Gasteiger partial charge in [0, 0.05) is 22.2 Å². The molecule has 1 aliphatic heterocycles. The summed E-state index contributed by atoms with van der Waals surface area (Å²) in [6.07, 6.45) is 3.68. The van der Waals surface area contributed by atoms with Crippen molar-refractivity contribution in [1.82, 2.24) is 4.98 Å². The summed E-state index contributed by atoms with van der Waals surface area (Å²) in [6.45, 7) is 0.736. The lowest BCUT2D eigenvalue weighted by Gasteiger charge is -2.19. The first-order valence-corrected chi connectivity index (χ1v) is 10.1. The van der Waals surface area contributed by atoms with Crippen molar-refractivity contribution < 1.29 is 19.0 Å². The van der Waals surface area contributed by atoms with E-state index in [4.69, 9.17) is 25.5 Å². The van der Waals surface area contributed by atoms with Gasteiger partial charge in [-0.15, -0.1) is 0 Å². The quantitative estimate of drug-likeness (QED) is 0.406. The van der Waals surface area contributed by atoms with Crippen LogP contribution in [0, 0.1) is 0 Å². The minimum atomic E-state index is 0.246. The van der Waals surface area contributed by atoms with Crippen LogP contribution < -0.4 is 9.47 Å². The molecule has 0 atom stereocenters. The van der Waals surface area contributed by atoms with Crippen molar-refractivity contribution in [2.45, 2.75) is 6.61 Å². The van der Waals surface area contributed by atoms with Crippen molar-refractivity contribution in [3.05, 3.63) is 94.8 Å². The number of rotatable bonds is 5. The highest BCUT2D eigenvalue weighted by Gasteiger charge is 2.14. The highest BCUT2D eigenvalue weighted by molar-refractivity contribution is 6.30. The number of benzene rings is 3. The molecule has 0 amide bonds. The number of hydrogen-bond acceptors (Lipinski definition) is 5. The monoisotopic (exact) mass is 431 g/mol. The van der Waals surface area contributed by atoms with Gasteiger partial charge in [-0.25, -0.2) is 4.98 Å². The van der Waals surface area contributed by atoms with Gasteiger partial charge in [0.05, 0.1) is 0 Å². The van der Waals surface area contributed by atoms with E-state index in [1.807, 2.05) is 42.5 Å². The lowest BCUT2D eigenvalue weighted by atomic mass is 10.0. The van der Waals surface area contributed by atoms with Crippen LogP contribution in [0.4, 0.5) is 0 Å². The molecule has 1 aromatic heterocycles. The topological polar surface area (TPSA) is 64.7 Å². The van der Waals surface area contributed by atoms with Gasteiger partial charge in [-0.3, -0.25) is 0 Å². The molecular formula is C25H18ClNO4. The van der Waals surface area contributed by atoms with Gasteiger partial charge in [0.1, 0.15) is 42.4 Å². The van der Waals surface area contributed by atoms with Gasteiger partial charge in [-0.05, 0) is 65.7 Å². The molecule has 0 radical (unpaired) electrons. The van der Waals surface area contributed by atoms with E-state index in [1.165, 1.54) is 0 Å². The third kappa shape index (κ3) is 4.27. The number of ether oxygens (including phenoxy) is 2. The molecule has 0 fully saturated rings. The maximum Gasteiger partial charge on any atom is 0.226 e. The molecule has 0 saturated heterocycles. The summed E-state index contributed by atoms with van der Waals surface area (Å²) >= 11 is 5.92. The average molecular weight is 432 g/mol. The predicted molar refractivity (Wildman–Crippen MR) is 119 cm³/mol. The van der Waals surface area contributed by atoms with Gasteiger partial charge in [0.25, 0.3) is 0 Å². The van der Waals surface area contributed by atoms with E-state index in [-0.39, 0.29) is 12.4 Å². The Labute approximate surface area is 184 Å². The third-order valence-electron chi connectivity index (χ3n) is 4.97. The van der Waals surface area contributed by atoms with Crippen LogP contribution in [0.15, 0.2) is 77.4 Å². The van der Waals surface area contributed by atoms with Crippen LogP contribution in [0.25, 0.3) is 23.1 Å². The second-order valence-corrected chi connectivity index (χ2v) is 7.58. The van der Waals surface area contributed by atoms with Crippen LogP contribution in [0.2, 0.25) is 5.02 Å². The number of halogens is 1. The van der Waals surface area contributed by atoms with Gasteiger partial charge in [-0.1, -0.05) is 23.7 Å². The number of aromatic nitrogens is 1. The van der Waals surface area contributed by atoms with Gasteiger partial charge >= 0.3 is 0 Å². The largest absolute Gasteiger partial charge is 0.508 e. The Balaban J connectivity index is 1.27. The van der Waals surface area contributed by atoms with Crippen molar-refractivity contribution in [3.63, 3.8) is 0 Å². The van der Waals surface area contributed by atoms with Crippen molar-refractivity contribution >= 4 is 23.3 Å². The van der Waals surface area contributed by atoms with Crippen LogP contribution in [0.3, 0.4) is 0 Å². The van der Waals surface area contributed by atoms with Crippen molar-refractivity contribution in [3.8, 4) is 28.7 Å². The molecule has 5 rings (SSSR count). The van der Waals surface area contributed by atoms with Gasteiger partial charge in [0.2, 0.25) is 5.89 Å². The first-order chi connectivity index (χ1) is 15.1. The van der Waals surface area contributed by atoms with E-state index in [0.29, 0.717) is 29.0 Å². The fourth-order valence-corrected chi connectivity index (χ4v) is 3.46. The van der Waals surface area contributed by atoms with E-state index >= 15 is 0 Å². The van der Waals surface area contributed by atoms with Crippen LogP contribution in [0.5, 0.6) is 17.2 Å². The molecule has 0 saturated carbocycles. The first-order valence-electron chi connectivity index (χ1n) is 9.74. The molecule has 6 heteroatoms. The molecule has 0 bridgehead atoms. The zero-order valence-electron chi connectivity index (χ0n) is 16.4. The number of nitrogens with zero attached hydrogens (tertiary/aromatic N) is 1. The fourth-order valence-electron chi connectivity index (χ4n) is 3.33. The lowest BCUT2D eigenvalue weighted by molar-refractivity contribution is 0.297. The minimum Gasteiger partial charge on any atom is -0.508 e. The summed E-state index contributed by atoms with van der Waals surface area (Å²) in [5.41, 5.74) is 4.60. The van der Waals surface area contributed by atoms with Crippen LogP contribution in [-0.2, 0) is 6.61 Å². The second-order valence-electron chi connectivity index (χ2n) is 7.14. The predicted octanol–water partition coefficient (Wildman–Crippen LogP) is 6.21. The Morgan fingerprint density at radius 1 is 0.968 bits per heavy atom. The number of hydrogen-bond donors (Lipinski definition) is 1. The Hall–Kier alpha value is -3.70. The molecule has 1 N–H and O–H groups in total. The van der Waals surface area contributed by atoms with Crippen molar-refractivity contribution in [1.29, 1.82) is 0 Å². The number of fused-ring (bicyclic) bond motifs is 1. The van der Waals surface area contributed by atoms with E-state index in [9.17, 15) is 5.11 Å². The molecule has 0 unspecified atom stereocenters. The number of oxazole rings is 1. The molecule has 31 heavy (non-hydrogen) atoms. The number of phenolic OH excluding ortho intramolecular Hbond substituents is 1. The number of phenols is 1. The molecule has 0 aliphatic carbocycles. The zero-order valence-corrected chi connectivity index (χ0v) is 17.2. The van der Waals surface area contributed by atoms with E-state index < -0.39 is 0 Å². The van der Waals surface area contributed by atoms with E-state index in [2.05, 4.69) is 11.1 Å². The minimum absolute atomic E-state index is 0.246.